The molecule has 0 aliphatic heterocycles. The maximum Gasteiger partial charge on any atom is 0.341 e. The van der Waals surface area contributed by atoms with E-state index in [-0.39, 0.29) is 11.5 Å². The van der Waals surface area contributed by atoms with Gasteiger partial charge in [0.15, 0.2) is 23.7 Å². The maximum absolute atomic E-state index is 10.8. The van der Waals surface area contributed by atoms with Crippen molar-refractivity contribution in [2.75, 3.05) is 13.2 Å². The third kappa shape index (κ3) is 4.43. The Hall–Kier alpha value is -3.06. The average molecular weight is 490 g/mol. The van der Waals surface area contributed by atoms with Gasteiger partial charge in [-0.3, -0.25) is 0 Å². The predicted molar refractivity (Wildman–Crippen MR) is 111 cm³/mol. The van der Waals surface area contributed by atoms with Crippen LogP contribution >= 0.6 is 22.6 Å². The van der Waals surface area contributed by atoms with E-state index in [1.54, 1.807) is 24.3 Å². The molecule has 0 bridgehead atoms. The topological polar surface area (TPSA) is 106 Å². The lowest BCUT2D eigenvalue weighted by Crippen LogP contribution is -2.11. The number of oxazole rings is 1. The summed E-state index contributed by atoms with van der Waals surface area (Å²) in [7, 11) is 0. The quantitative estimate of drug-likeness (QED) is 0.388. The molecule has 1 N–H and O–H groups in total. The highest BCUT2D eigenvalue weighted by molar-refractivity contribution is 14.1. The Morgan fingerprint density at radius 2 is 2.14 bits per heavy atom. The van der Waals surface area contributed by atoms with Crippen molar-refractivity contribution in [3.8, 4) is 17.6 Å². The van der Waals surface area contributed by atoms with Gasteiger partial charge in [0, 0.05) is 0 Å². The number of carbonyl (C=O) groups is 1. The first kappa shape index (κ1) is 19.7. The van der Waals surface area contributed by atoms with Crippen LogP contribution in [-0.4, -0.2) is 29.3 Å². The molecular formula is C20H15IN2O5. The zero-order valence-electron chi connectivity index (χ0n) is 14.8. The van der Waals surface area contributed by atoms with Gasteiger partial charge in [-0.1, -0.05) is 12.1 Å². The highest BCUT2D eigenvalue weighted by Gasteiger charge is 2.15. The van der Waals surface area contributed by atoms with Gasteiger partial charge in [0.2, 0.25) is 5.89 Å². The standard InChI is InChI=1S/C20H15IN2O5/c1-2-26-17-9-12(8-14(21)19(17)27-11-18(24)25)7-13(10-22)20-23-15-5-3-4-6-16(15)28-20/h3-9H,2,11H2,1H3,(H,24,25)/b13-7+. The lowest BCUT2D eigenvalue weighted by atomic mass is 10.1. The lowest BCUT2D eigenvalue weighted by Gasteiger charge is -2.13. The molecule has 0 unspecified atom stereocenters. The molecule has 0 saturated heterocycles. The fourth-order valence-corrected chi connectivity index (χ4v) is 3.29. The van der Waals surface area contributed by atoms with Crippen molar-refractivity contribution in [2.45, 2.75) is 6.92 Å². The number of aromatic nitrogens is 1. The molecule has 0 radical (unpaired) electrons. The summed E-state index contributed by atoms with van der Waals surface area (Å²) in [6.45, 7) is 1.72. The second-order valence-electron chi connectivity index (χ2n) is 5.60. The highest BCUT2D eigenvalue weighted by Crippen LogP contribution is 2.35. The maximum atomic E-state index is 10.8. The number of allylic oxidation sites excluding steroid dienone is 1. The number of hydrogen-bond acceptors (Lipinski definition) is 6. The molecule has 0 aliphatic carbocycles. The first-order valence-electron chi connectivity index (χ1n) is 8.30. The minimum atomic E-state index is -1.08. The monoisotopic (exact) mass is 490 g/mol. The van der Waals surface area contributed by atoms with E-state index in [9.17, 15) is 10.1 Å². The smallest absolute Gasteiger partial charge is 0.341 e. The Morgan fingerprint density at radius 1 is 1.36 bits per heavy atom. The summed E-state index contributed by atoms with van der Waals surface area (Å²) in [6.07, 6.45) is 1.64. The molecule has 28 heavy (non-hydrogen) atoms. The number of benzene rings is 2. The summed E-state index contributed by atoms with van der Waals surface area (Å²) in [4.78, 5) is 15.2. The zero-order chi connectivity index (χ0) is 20.1. The highest BCUT2D eigenvalue weighted by atomic mass is 127. The summed E-state index contributed by atoms with van der Waals surface area (Å²) in [6, 6.07) is 12.8. The van der Waals surface area contributed by atoms with Gasteiger partial charge in [0.05, 0.1) is 10.2 Å². The van der Waals surface area contributed by atoms with Crippen LogP contribution in [0.5, 0.6) is 11.5 Å². The van der Waals surface area contributed by atoms with E-state index in [1.807, 2.05) is 47.7 Å². The van der Waals surface area contributed by atoms with Gasteiger partial charge in [-0.25, -0.2) is 9.78 Å². The lowest BCUT2D eigenvalue weighted by molar-refractivity contribution is -0.139. The number of nitriles is 1. The number of fused-ring (bicyclic) bond motifs is 1. The van der Waals surface area contributed by atoms with Crippen LogP contribution in [0.2, 0.25) is 0 Å². The minimum absolute atomic E-state index is 0.225. The van der Waals surface area contributed by atoms with E-state index in [0.717, 1.165) is 0 Å². The summed E-state index contributed by atoms with van der Waals surface area (Å²) >= 11 is 2.03. The molecule has 0 fully saturated rings. The number of hydrogen-bond donors (Lipinski definition) is 1. The predicted octanol–water partition coefficient (Wildman–Crippen LogP) is 4.36. The van der Waals surface area contributed by atoms with Crippen molar-refractivity contribution in [3.63, 3.8) is 0 Å². The van der Waals surface area contributed by atoms with Crippen LogP contribution in [0.15, 0.2) is 40.8 Å². The molecule has 1 heterocycles. The normalized spacial score (nSPS) is 11.2. The molecule has 0 saturated carbocycles. The molecule has 0 atom stereocenters. The zero-order valence-corrected chi connectivity index (χ0v) is 17.0. The molecule has 3 aromatic rings. The van der Waals surface area contributed by atoms with Crippen LogP contribution in [0.25, 0.3) is 22.7 Å². The van der Waals surface area contributed by atoms with E-state index >= 15 is 0 Å². The Balaban J connectivity index is 2.01. The van der Waals surface area contributed by atoms with E-state index in [4.69, 9.17) is 19.0 Å². The number of ether oxygens (including phenoxy) is 2. The molecule has 0 spiro atoms. The molecule has 1 aromatic heterocycles. The third-order valence-electron chi connectivity index (χ3n) is 3.63. The molecule has 2 aromatic carbocycles. The Kier molecular flexibility index (Phi) is 6.16. The second kappa shape index (κ2) is 8.75. The average Bonchev–Trinajstić information content (AvgIpc) is 3.09. The van der Waals surface area contributed by atoms with Crippen LogP contribution in [0, 0.1) is 14.9 Å². The van der Waals surface area contributed by atoms with Crippen molar-refractivity contribution < 1.29 is 23.8 Å². The molecule has 0 amide bonds. The van der Waals surface area contributed by atoms with E-state index in [2.05, 4.69) is 11.1 Å². The van der Waals surface area contributed by atoms with Crippen molar-refractivity contribution in [1.29, 1.82) is 5.26 Å². The molecule has 3 rings (SSSR count). The number of carboxylic acid groups (broad SMARTS) is 1. The number of carboxylic acids is 1. The van der Waals surface area contributed by atoms with Crippen LogP contribution in [0.4, 0.5) is 0 Å². The summed E-state index contributed by atoms with van der Waals surface area (Å²) in [5.41, 5.74) is 2.20. The number of aliphatic carboxylic acids is 1. The van der Waals surface area contributed by atoms with Gasteiger partial charge >= 0.3 is 5.97 Å². The van der Waals surface area contributed by atoms with Crippen LogP contribution in [0.1, 0.15) is 18.4 Å². The van der Waals surface area contributed by atoms with Gasteiger partial charge in [0.25, 0.3) is 0 Å². The van der Waals surface area contributed by atoms with Gasteiger partial charge in [-0.2, -0.15) is 5.26 Å². The van der Waals surface area contributed by atoms with Gasteiger partial charge in [-0.15, -0.1) is 0 Å². The van der Waals surface area contributed by atoms with Crippen LogP contribution in [0.3, 0.4) is 0 Å². The van der Waals surface area contributed by atoms with Crippen LogP contribution < -0.4 is 9.47 Å². The second-order valence-corrected chi connectivity index (χ2v) is 6.76. The molecule has 7 nitrogen and oxygen atoms in total. The first-order chi connectivity index (χ1) is 13.5. The van der Waals surface area contributed by atoms with E-state index in [1.165, 1.54) is 0 Å². The van der Waals surface area contributed by atoms with Crippen molar-refractivity contribution >= 4 is 51.3 Å². The molecule has 0 aliphatic rings. The van der Waals surface area contributed by atoms with Gasteiger partial charge in [-0.05, 0) is 65.4 Å². The number of rotatable bonds is 7. The molecule has 142 valence electrons. The van der Waals surface area contributed by atoms with E-state index < -0.39 is 12.6 Å². The Morgan fingerprint density at radius 3 is 2.82 bits per heavy atom. The van der Waals surface area contributed by atoms with Crippen LogP contribution in [-0.2, 0) is 4.79 Å². The number of halogens is 1. The largest absolute Gasteiger partial charge is 0.490 e. The number of nitrogens with zero attached hydrogens (tertiary/aromatic N) is 2. The molecular weight excluding hydrogens is 475 g/mol. The van der Waals surface area contributed by atoms with Crippen molar-refractivity contribution in [2.24, 2.45) is 0 Å². The SMILES string of the molecule is CCOc1cc(/C=C(\C#N)c2nc3ccccc3o2)cc(I)c1OCC(=O)O. The number of para-hydroxylation sites is 2. The summed E-state index contributed by atoms with van der Waals surface area (Å²) in [5.74, 6) is -0.105. The van der Waals surface area contributed by atoms with Crippen molar-refractivity contribution in [1.82, 2.24) is 4.98 Å². The minimum Gasteiger partial charge on any atom is -0.490 e. The third-order valence-corrected chi connectivity index (χ3v) is 4.43. The summed E-state index contributed by atoms with van der Waals surface area (Å²) in [5, 5.41) is 18.4. The Labute approximate surface area is 174 Å². The first-order valence-corrected chi connectivity index (χ1v) is 9.38. The Bertz CT molecular complexity index is 1060. The fourth-order valence-electron chi connectivity index (χ4n) is 2.50. The van der Waals surface area contributed by atoms with E-state index in [0.29, 0.717) is 38.3 Å². The summed E-state index contributed by atoms with van der Waals surface area (Å²) < 4.78 is 17.3. The van der Waals surface area contributed by atoms with Gasteiger partial charge in [0.1, 0.15) is 17.2 Å². The fraction of sp³-hybridized carbons (Fsp3) is 0.150. The van der Waals surface area contributed by atoms with Crippen molar-refractivity contribution in [3.05, 3.63) is 51.4 Å². The van der Waals surface area contributed by atoms with Gasteiger partial charge < -0.3 is 19.0 Å². The molecule has 8 heteroatoms.